The average Bonchev–Trinajstić information content (AvgIpc) is 2.29. The topological polar surface area (TPSA) is 93.4 Å². The molecule has 0 aromatic heterocycles. The molecular weight excluding hydrogens is 222 g/mol. The molecule has 0 fully saturated rings. The summed E-state index contributed by atoms with van der Waals surface area (Å²) in [5.41, 5.74) is 5.20. The molecule has 0 spiro atoms. The van der Waals surface area contributed by atoms with Gasteiger partial charge in [0.15, 0.2) is 0 Å². The minimum absolute atomic E-state index is 0.228. The number of hydrogen-bond acceptors (Lipinski definition) is 4. The van der Waals surface area contributed by atoms with Crippen molar-refractivity contribution in [2.75, 3.05) is 26.2 Å². The summed E-state index contributed by atoms with van der Waals surface area (Å²) in [4.78, 5) is 22.3. The van der Waals surface area contributed by atoms with Crippen molar-refractivity contribution in [2.45, 2.75) is 32.8 Å². The van der Waals surface area contributed by atoms with Crippen LogP contribution in [0, 0.1) is 0 Å². The SMILES string of the molecule is CC(C)OCCCCNC(=O)C(=O)NCCN. The standard InChI is InChI=1S/C11H23N3O3/c1-9(2)17-8-4-3-6-13-10(15)11(16)14-7-5-12/h9H,3-8,12H2,1-2H3,(H,13,15)(H,14,16). The van der Waals surface area contributed by atoms with E-state index < -0.39 is 11.8 Å². The van der Waals surface area contributed by atoms with E-state index in [1.165, 1.54) is 0 Å². The third-order valence-corrected chi connectivity index (χ3v) is 1.94. The lowest BCUT2D eigenvalue weighted by Crippen LogP contribution is -2.41. The smallest absolute Gasteiger partial charge is 0.309 e. The molecule has 0 atom stereocenters. The molecule has 0 heterocycles. The second-order valence-electron chi connectivity index (χ2n) is 3.93. The number of nitrogens with one attached hydrogen (secondary N) is 2. The molecule has 0 aliphatic carbocycles. The Morgan fingerprint density at radius 2 is 1.71 bits per heavy atom. The van der Waals surface area contributed by atoms with E-state index in [1.807, 2.05) is 13.8 Å². The van der Waals surface area contributed by atoms with Crippen LogP contribution in [0.5, 0.6) is 0 Å². The van der Waals surface area contributed by atoms with Gasteiger partial charge in [-0.25, -0.2) is 0 Å². The molecule has 6 nitrogen and oxygen atoms in total. The summed E-state index contributed by atoms with van der Waals surface area (Å²) in [6, 6.07) is 0. The number of unbranched alkanes of at least 4 members (excludes halogenated alkanes) is 1. The molecular formula is C11H23N3O3. The van der Waals surface area contributed by atoms with Crippen molar-refractivity contribution in [3.8, 4) is 0 Å². The van der Waals surface area contributed by atoms with Crippen LogP contribution in [0.4, 0.5) is 0 Å². The Morgan fingerprint density at radius 3 is 2.24 bits per heavy atom. The van der Waals surface area contributed by atoms with Gasteiger partial charge in [-0.2, -0.15) is 0 Å². The minimum Gasteiger partial charge on any atom is -0.379 e. The van der Waals surface area contributed by atoms with Gasteiger partial charge in [0.05, 0.1) is 6.10 Å². The van der Waals surface area contributed by atoms with Crippen LogP contribution in [0.3, 0.4) is 0 Å². The van der Waals surface area contributed by atoms with Gasteiger partial charge >= 0.3 is 11.8 Å². The molecule has 0 aromatic rings. The summed E-state index contributed by atoms with van der Waals surface area (Å²) in [5, 5.41) is 4.93. The predicted molar refractivity (Wildman–Crippen MR) is 65.4 cm³/mol. The number of carbonyl (C=O) groups is 2. The van der Waals surface area contributed by atoms with Gasteiger partial charge < -0.3 is 21.1 Å². The fraction of sp³-hybridized carbons (Fsp3) is 0.818. The van der Waals surface area contributed by atoms with Crippen LogP contribution in [0.2, 0.25) is 0 Å². The van der Waals surface area contributed by atoms with E-state index in [0.717, 1.165) is 12.8 Å². The second-order valence-corrected chi connectivity index (χ2v) is 3.93. The Kier molecular flexibility index (Phi) is 9.37. The predicted octanol–water partition coefficient (Wildman–Crippen LogP) is -0.617. The first-order valence-corrected chi connectivity index (χ1v) is 5.95. The van der Waals surface area contributed by atoms with E-state index in [-0.39, 0.29) is 6.10 Å². The molecule has 0 saturated carbocycles. The summed E-state index contributed by atoms with van der Waals surface area (Å²) >= 11 is 0. The summed E-state index contributed by atoms with van der Waals surface area (Å²) in [6.45, 7) is 5.75. The number of carbonyl (C=O) groups excluding carboxylic acids is 2. The van der Waals surface area contributed by atoms with Crippen LogP contribution in [-0.4, -0.2) is 44.2 Å². The van der Waals surface area contributed by atoms with E-state index in [2.05, 4.69) is 10.6 Å². The monoisotopic (exact) mass is 245 g/mol. The Hall–Kier alpha value is -1.14. The molecule has 0 unspecified atom stereocenters. The Labute approximate surface area is 102 Å². The molecule has 17 heavy (non-hydrogen) atoms. The average molecular weight is 245 g/mol. The third-order valence-electron chi connectivity index (χ3n) is 1.94. The molecule has 0 aromatic carbocycles. The summed E-state index contributed by atoms with van der Waals surface area (Å²) < 4.78 is 5.34. The highest BCUT2D eigenvalue weighted by atomic mass is 16.5. The molecule has 0 aliphatic heterocycles. The van der Waals surface area contributed by atoms with Crippen molar-refractivity contribution >= 4 is 11.8 Å². The van der Waals surface area contributed by atoms with E-state index >= 15 is 0 Å². The highest BCUT2D eigenvalue weighted by Crippen LogP contribution is 1.93. The fourth-order valence-electron chi connectivity index (χ4n) is 1.09. The molecule has 2 amide bonds. The maximum Gasteiger partial charge on any atom is 0.309 e. The summed E-state index contributed by atoms with van der Waals surface area (Å²) in [5.74, 6) is -1.24. The fourth-order valence-corrected chi connectivity index (χ4v) is 1.09. The van der Waals surface area contributed by atoms with E-state index in [4.69, 9.17) is 10.5 Å². The largest absolute Gasteiger partial charge is 0.379 e. The molecule has 0 rings (SSSR count). The number of amides is 2. The maximum absolute atomic E-state index is 11.2. The number of rotatable bonds is 8. The van der Waals surface area contributed by atoms with Crippen LogP contribution >= 0.6 is 0 Å². The first-order chi connectivity index (χ1) is 8.07. The van der Waals surface area contributed by atoms with Gasteiger partial charge in [0.1, 0.15) is 0 Å². The Bertz CT molecular complexity index is 232. The first-order valence-electron chi connectivity index (χ1n) is 5.95. The van der Waals surface area contributed by atoms with Crippen LogP contribution < -0.4 is 16.4 Å². The van der Waals surface area contributed by atoms with E-state index in [9.17, 15) is 9.59 Å². The van der Waals surface area contributed by atoms with Crippen molar-refractivity contribution in [1.82, 2.24) is 10.6 Å². The quantitative estimate of drug-likeness (QED) is 0.392. The lowest BCUT2D eigenvalue weighted by Gasteiger charge is -2.08. The van der Waals surface area contributed by atoms with Crippen LogP contribution in [0.25, 0.3) is 0 Å². The first kappa shape index (κ1) is 15.9. The minimum atomic E-state index is -0.631. The number of ether oxygens (including phenoxy) is 1. The van der Waals surface area contributed by atoms with Gasteiger partial charge in [0.2, 0.25) is 0 Å². The van der Waals surface area contributed by atoms with Crippen molar-refractivity contribution in [3.05, 3.63) is 0 Å². The van der Waals surface area contributed by atoms with Gasteiger partial charge in [0, 0.05) is 26.2 Å². The number of hydrogen-bond donors (Lipinski definition) is 3. The highest BCUT2D eigenvalue weighted by molar-refractivity contribution is 6.35. The van der Waals surface area contributed by atoms with Crippen LogP contribution in [0.15, 0.2) is 0 Å². The lowest BCUT2D eigenvalue weighted by atomic mass is 10.3. The van der Waals surface area contributed by atoms with Crippen molar-refractivity contribution in [1.29, 1.82) is 0 Å². The second kappa shape index (κ2) is 10.0. The highest BCUT2D eigenvalue weighted by Gasteiger charge is 2.10. The van der Waals surface area contributed by atoms with E-state index in [0.29, 0.717) is 26.2 Å². The zero-order valence-corrected chi connectivity index (χ0v) is 10.6. The Morgan fingerprint density at radius 1 is 1.12 bits per heavy atom. The lowest BCUT2D eigenvalue weighted by molar-refractivity contribution is -0.139. The molecule has 100 valence electrons. The molecule has 0 bridgehead atoms. The summed E-state index contributed by atoms with van der Waals surface area (Å²) in [6.07, 6.45) is 1.89. The van der Waals surface area contributed by atoms with Gasteiger partial charge in [0.25, 0.3) is 0 Å². The zero-order chi connectivity index (χ0) is 13.1. The molecule has 0 radical (unpaired) electrons. The van der Waals surface area contributed by atoms with Gasteiger partial charge in [-0.3, -0.25) is 9.59 Å². The zero-order valence-electron chi connectivity index (χ0n) is 10.6. The summed E-state index contributed by atoms with van der Waals surface area (Å²) in [7, 11) is 0. The molecule has 6 heteroatoms. The molecule has 0 aliphatic rings. The Balaban J connectivity index is 3.41. The normalized spacial score (nSPS) is 10.4. The van der Waals surface area contributed by atoms with E-state index in [1.54, 1.807) is 0 Å². The number of nitrogens with two attached hydrogens (primary N) is 1. The van der Waals surface area contributed by atoms with Crippen molar-refractivity contribution in [2.24, 2.45) is 5.73 Å². The van der Waals surface area contributed by atoms with Crippen molar-refractivity contribution in [3.63, 3.8) is 0 Å². The van der Waals surface area contributed by atoms with Crippen LogP contribution in [0.1, 0.15) is 26.7 Å². The van der Waals surface area contributed by atoms with Gasteiger partial charge in [-0.1, -0.05) is 0 Å². The maximum atomic E-state index is 11.2. The van der Waals surface area contributed by atoms with Crippen molar-refractivity contribution < 1.29 is 14.3 Å². The van der Waals surface area contributed by atoms with Crippen LogP contribution in [-0.2, 0) is 14.3 Å². The molecule has 4 N–H and O–H groups in total. The van der Waals surface area contributed by atoms with Gasteiger partial charge in [-0.05, 0) is 26.7 Å². The third kappa shape index (κ3) is 9.77. The van der Waals surface area contributed by atoms with Gasteiger partial charge in [-0.15, -0.1) is 0 Å². The molecule has 0 saturated heterocycles.